The van der Waals surface area contributed by atoms with Gasteiger partial charge in [-0.15, -0.1) is 0 Å². The van der Waals surface area contributed by atoms with Crippen LogP contribution in [0.5, 0.6) is 5.75 Å². The molecule has 0 fully saturated rings. The quantitative estimate of drug-likeness (QED) is 0.601. The summed E-state index contributed by atoms with van der Waals surface area (Å²) in [6, 6.07) is 16.3. The van der Waals surface area contributed by atoms with Crippen molar-refractivity contribution in [2.24, 2.45) is 0 Å². The van der Waals surface area contributed by atoms with Crippen LogP contribution in [0.1, 0.15) is 19.4 Å². The molecular weight excluding hydrogens is 268 g/mol. The molecule has 0 radical (unpaired) electrons. The Hall–Kier alpha value is -2.54. The molecule has 2 aromatic rings. The average Bonchev–Trinajstić information content (AvgIpc) is 2.61. The fourth-order valence-electron chi connectivity index (χ4n) is 2.22. The number of benzene rings is 2. The fourth-order valence-corrected chi connectivity index (χ4v) is 2.22. The Morgan fingerprint density at radius 1 is 0.955 bits per heavy atom. The van der Waals surface area contributed by atoms with E-state index >= 15 is 0 Å². The van der Waals surface area contributed by atoms with Crippen molar-refractivity contribution in [1.82, 2.24) is 0 Å². The van der Waals surface area contributed by atoms with Gasteiger partial charge in [-0.2, -0.15) is 0 Å². The number of para-hydroxylation sites is 1. The van der Waals surface area contributed by atoms with Crippen molar-refractivity contribution in [3.05, 3.63) is 85.5 Å². The Balaban J connectivity index is 0.00000116. The van der Waals surface area contributed by atoms with Gasteiger partial charge in [-0.05, 0) is 11.1 Å². The van der Waals surface area contributed by atoms with Gasteiger partial charge >= 0.3 is 0 Å². The smallest absolute Gasteiger partial charge is 0.134 e. The minimum Gasteiger partial charge on any atom is -0.495 e. The van der Waals surface area contributed by atoms with Crippen LogP contribution in [-0.4, -0.2) is 7.11 Å². The third kappa shape index (κ3) is 3.98. The van der Waals surface area contributed by atoms with E-state index in [9.17, 15) is 0 Å². The fraction of sp³-hybridized carbons (Fsp3) is 0.143. The molecule has 0 N–H and O–H groups in total. The van der Waals surface area contributed by atoms with Crippen LogP contribution in [0.2, 0.25) is 0 Å². The lowest BCUT2D eigenvalue weighted by Crippen LogP contribution is -1.93. The Kier molecular flexibility index (Phi) is 7.49. The summed E-state index contributed by atoms with van der Waals surface area (Å²) in [6.45, 7) is 11.6. The zero-order valence-corrected chi connectivity index (χ0v) is 13.7. The highest BCUT2D eigenvalue weighted by atomic mass is 16.5. The van der Waals surface area contributed by atoms with Gasteiger partial charge in [0.25, 0.3) is 0 Å². The van der Waals surface area contributed by atoms with Crippen molar-refractivity contribution in [3.63, 3.8) is 0 Å². The van der Waals surface area contributed by atoms with Crippen LogP contribution in [0.3, 0.4) is 0 Å². The molecule has 2 rings (SSSR count). The van der Waals surface area contributed by atoms with Gasteiger partial charge in [0.2, 0.25) is 0 Å². The molecule has 0 bridgehead atoms. The molecule has 0 aromatic heterocycles. The summed E-state index contributed by atoms with van der Waals surface area (Å²) < 4.78 is 5.64. The van der Waals surface area contributed by atoms with Gasteiger partial charge in [0.1, 0.15) is 5.75 Å². The van der Waals surface area contributed by atoms with E-state index in [-0.39, 0.29) is 0 Å². The summed E-state index contributed by atoms with van der Waals surface area (Å²) in [5.74, 6) is 0.853. The van der Waals surface area contributed by atoms with E-state index in [0.717, 1.165) is 28.0 Å². The lowest BCUT2D eigenvalue weighted by Gasteiger charge is -2.14. The van der Waals surface area contributed by atoms with Crippen LogP contribution in [0.25, 0.3) is 16.7 Å². The maximum atomic E-state index is 5.64. The molecule has 0 heterocycles. The van der Waals surface area contributed by atoms with Gasteiger partial charge in [0.15, 0.2) is 0 Å². The summed E-state index contributed by atoms with van der Waals surface area (Å²) in [5, 5.41) is 0. The lowest BCUT2D eigenvalue weighted by atomic mass is 9.97. The largest absolute Gasteiger partial charge is 0.495 e. The van der Waals surface area contributed by atoms with Crippen LogP contribution in [0, 0.1) is 0 Å². The third-order valence-electron chi connectivity index (χ3n) is 3.13. The Morgan fingerprint density at radius 2 is 1.64 bits per heavy atom. The van der Waals surface area contributed by atoms with Crippen LogP contribution in [-0.2, 0) is 0 Å². The first-order chi connectivity index (χ1) is 10.8. The van der Waals surface area contributed by atoms with E-state index in [4.69, 9.17) is 4.74 Å². The van der Waals surface area contributed by atoms with Crippen molar-refractivity contribution in [3.8, 4) is 16.9 Å². The molecule has 0 atom stereocenters. The SMILES string of the molecule is C=C/C=C(\C=C)c1cccc(-c2ccccc2)c1OC.CC. The molecule has 0 saturated carbocycles. The zero-order chi connectivity index (χ0) is 16.4. The van der Waals surface area contributed by atoms with Crippen LogP contribution >= 0.6 is 0 Å². The number of allylic oxidation sites excluding steroid dienone is 4. The molecule has 22 heavy (non-hydrogen) atoms. The lowest BCUT2D eigenvalue weighted by molar-refractivity contribution is 0.415. The second-order valence-electron chi connectivity index (χ2n) is 4.31. The standard InChI is InChI=1S/C19H18O.C2H6/c1-4-10-15(5-2)17-13-9-14-18(19(17)20-3)16-11-7-6-8-12-16;1-2/h4-14H,1-2H2,3H3;1-2H3/b15-10+;. The van der Waals surface area contributed by atoms with E-state index in [1.807, 2.05) is 56.3 Å². The minimum atomic E-state index is 0.853. The Morgan fingerprint density at radius 3 is 2.18 bits per heavy atom. The number of methoxy groups -OCH3 is 1. The molecule has 1 heteroatoms. The van der Waals surface area contributed by atoms with Crippen molar-refractivity contribution < 1.29 is 4.74 Å². The predicted octanol–water partition coefficient (Wildman–Crippen LogP) is 6.14. The van der Waals surface area contributed by atoms with Gasteiger partial charge < -0.3 is 4.74 Å². The number of hydrogen-bond acceptors (Lipinski definition) is 1. The predicted molar refractivity (Wildman–Crippen MR) is 98.1 cm³/mol. The highest BCUT2D eigenvalue weighted by molar-refractivity contribution is 5.84. The summed E-state index contributed by atoms with van der Waals surface area (Å²) in [5.41, 5.74) is 4.22. The summed E-state index contributed by atoms with van der Waals surface area (Å²) in [4.78, 5) is 0. The van der Waals surface area contributed by atoms with E-state index in [2.05, 4.69) is 31.4 Å². The monoisotopic (exact) mass is 292 g/mol. The topological polar surface area (TPSA) is 9.23 Å². The summed E-state index contributed by atoms with van der Waals surface area (Å²) in [6.07, 6.45) is 5.50. The molecule has 0 aliphatic heterocycles. The van der Waals surface area contributed by atoms with Crippen molar-refractivity contribution in [1.29, 1.82) is 0 Å². The molecule has 0 aliphatic carbocycles. The first-order valence-electron chi connectivity index (χ1n) is 7.49. The van der Waals surface area contributed by atoms with E-state index in [1.54, 1.807) is 13.2 Å². The van der Waals surface area contributed by atoms with Crippen LogP contribution in [0.4, 0.5) is 0 Å². The average molecular weight is 292 g/mol. The normalized spacial score (nSPS) is 10.2. The second-order valence-corrected chi connectivity index (χ2v) is 4.31. The van der Waals surface area contributed by atoms with Gasteiger partial charge in [-0.3, -0.25) is 0 Å². The molecular formula is C21H24O. The van der Waals surface area contributed by atoms with Gasteiger partial charge in [-0.1, -0.05) is 93.8 Å². The van der Waals surface area contributed by atoms with Crippen LogP contribution in [0.15, 0.2) is 79.9 Å². The minimum absolute atomic E-state index is 0.853. The van der Waals surface area contributed by atoms with E-state index in [0.29, 0.717) is 0 Å². The maximum absolute atomic E-state index is 5.64. The number of ether oxygens (including phenoxy) is 1. The first-order valence-corrected chi connectivity index (χ1v) is 7.49. The molecule has 114 valence electrons. The highest BCUT2D eigenvalue weighted by Gasteiger charge is 2.11. The number of hydrogen-bond donors (Lipinski definition) is 0. The highest BCUT2D eigenvalue weighted by Crippen LogP contribution is 2.36. The van der Waals surface area contributed by atoms with Gasteiger partial charge in [0.05, 0.1) is 7.11 Å². The molecule has 0 aliphatic rings. The molecule has 0 spiro atoms. The Bertz CT molecular complexity index is 636. The summed E-state index contributed by atoms with van der Waals surface area (Å²) >= 11 is 0. The van der Waals surface area contributed by atoms with Gasteiger partial charge in [-0.25, -0.2) is 0 Å². The summed E-state index contributed by atoms with van der Waals surface area (Å²) in [7, 11) is 1.69. The van der Waals surface area contributed by atoms with E-state index < -0.39 is 0 Å². The molecule has 1 nitrogen and oxygen atoms in total. The van der Waals surface area contributed by atoms with Crippen molar-refractivity contribution >= 4 is 5.57 Å². The second kappa shape index (κ2) is 9.41. The van der Waals surface area contributed by atoms with Crippen molar-refractivity contribution in [2.45, 2.75) is 13.8 Å². The molecule has 0 amide bonds. The zero-order valence-electron chi connectivity index (χ0n) is 13.7. The first kappa shape index (κ1) is 17.5. The van der Waals surface area contributed by atoms with E-state index in [1.165, 1.54) is 0 Å². The third-order valence-corrected chi connectivity index (χ3v) is 3.13. The molecule has 0 unspecified atom stereocenters. The van der Waals surface area contributed by atoms with Gasteiger partial charge in [0, 0.05) is 11.1 Å². The maximum Gasteiger partial charge on any atom is 0.134 e. The van der Waals surface area contributed by atoms with Crippen molar-refractivity contribution in [2.75, 3.05) is 7.11 Å². The molecule has 2 aromatic carbocycles. The number of rotatable bonds is 5. The molecule has 0 saturated heterocycles. The van der Waals surface area contributed by atoms with Crippen LogP contribution < -0.4 is 4.74 Å². The Labute approximate surface area is 134 Å².